The predicted molar refractivity (Wildman–Crippen MR) is 98.5 cm³/mol. The number of hydrogen-bond donors (Lipinski definition) is 2. The van der Waals surface area contributed by atoms with Crippen LogP contribution in [-0.4, -0.2) is 47.8 Å². The number of para-hydroxylation sites is 1. The summed E-state index contributed by atoms with van der Waals surface area (Å²) in [5.41, 5.74) is 9.44. The molecule has 1 atom stereocenters. The Morgan fingerprint density at radius 2 is 2.12 bits per heavy atom. The average Bonchev–Trinajstić information content (AvgIpc) is 2.96. The van der Waals surface area contributed by atoms with Crippen LogP contribution in [0, 0.1) is 0 Å². The first-order valence-electron chi connectivity index (χ1n) is 8.54. The van der Waals surface area contributed by atoms with E-state index in [9.17, 15) is 13.2 Å². The van der Waals surface area contributed by atoms with Crippen molar-refractivity contribution in [2.24, 2.45) is 0 Å². The van der Waals surface area contributed by atoms with Gasteiger partial charge in [0.1, 0.15) is 5.82 Å². The molecule has 2 aromatic rings. The van der Waals surface area contributed by atoms with E-state index in [1.165, 1.54) is 15.2 Å². The number of benzene rings is 1. The van der Waals surface area contributed by atoms with Gasteiger partial charge in [0.2, 0.25) is 10.0 Å². The van der Waals surface area contributed by atoms with Crippen LogP contribution in [0.2, 0.25) is 0 Å². The lowest BCUT2D eigenvalue weighted by Gasteiger charge is -2.25. The fraction of sp³-hybridized carbons (Fsp3) is 0.412. The maximum Gasteiger partial charge on any atom is 0.256 e. The highest BCUT2D eigenvalue weighted by atomic mass is 32.2. The minimum atomic E-state index is -3.30. The Labute approximate surface area is 152 Å². The summed E-state index contributed by atoms with van der Waals surface area (Å²) in [6.07, 6.45) is 2.30. The molecule has 8 nitrogen and oxygen atoms in total. The van der Waals surface area contributed by atoms with E-state index in [0.717, 1.165) is 16.8 Å². The second-order valence-corrected chi connectivity index (χ2v) is 8.74. The number of hydrogen-bond acceptors (Lipinski definition) is 6. The number of carbonyl (C=O) groups is 1. The molecule has 1 aromatic heterocycles. The van der Waals surface area contributed by atoms with E-state index in [4.69, 9.17) is 5.73 Å². The normalized spacial score (nSPS) is 20.1. The summed E-state index contributed by atoms with van der Waals surface area (Å²) in [5.74, 6) is -0.159. The van der Waals surface area contributed by atoms with Gasteiger partial charge in [0.25, 0.3) is 5.91 Å². The maximum atomic E-state index is 13.1. The van der Waals surface area contributed by atoms with Gasteiger partial charge < -0.3 is 11.1 Å². The molecule has 0 amide bonds. The molecule has 4 rings (SSSR count). The van der Waals surface area contributed by atoms with Gasteiger partial charge in [-0.15, -0.1) is 0 Å². The molecule has 1 aromatic carbocycles. The number of nitrogens with one attached hydrogen (secondary N) is 1. The summed E-state index contributed by atoms with van der Waals surface area (Å²) in [6.45, 7) is 1.21. The SMILES string of the molecule is CS(=O)(=O)N1CCc2c(nn(C(=O)C3CCNc4ccccc43)c2N)C1. The zero-order valence-corrected chi connectivity index (χ0v) is 15.3. The first kappa shape index (κ1) is 17.0. The lowest BCUT2D eigenvalue weighted by Crippen LogP contribution is -2.35. The number of nitrogens with zero attached hydrogens (tertiary/aromatic N) is 3. The molecule has 0 saturated carbocycles. The van der Waals surface area contributed by atoms with Crippen molar-refractivity contribution in [1.29, 1.82) is 0 Å². The molecular formula is C17H21N5O3S. The highest BCUT2D eigenvalue weighted by Crippen LogP contribution is 2.34. The molecule has 2 aliphatic rings. The molecule has 0 fully saturated rings. The lowest BCUT2D eigenvalue weighted by atomic mass is 9.90. The van der Waals surface area contributed by atoms with Crippen LogP contribution < -0.4 is 11.1 Å². The average molecular weight is 375 g/mol. The van der Waals surface area contributed by atoms with Crippen molar-refractivity contribution >= 4 is 27.4 Å². The summed E-state index contributed by atoms with van der Waals surface area (Å²) in [6, 6.07) is 7.73. The van der Waals surface area contributed by atoms with Gasteiger partial charge in [-0.2, -0.15) is 14.1 Å². The van der Waals surface area contributed by atoms with Gasteiger partial charge >= 0.3 is 0 Å². The highest BCUT2D eigenvalue weighted by molar-refractivity contribution is 7.88. The molecule has 0 saturated heterocycles. The van der Waals surface area contributed by atoms with E-state index < -0.39 is 10.0 Å². The zero-order valence-electron chi connectivity index (χ0n) is 14.5. The van der Waals surface area contributed by atoms with E-state index in [2.05, 4.69) is 10.4 Å². The van der Waals surface area contributed by atoms with Crippen LogP contribution in [-0.2, 0) is 23.0 Å². The number of carbonyl (C=O) groups excluding carboxylic acids is 1. The molecule has 3 heterocycles. The van der Waals surface area contributed by atoms with Crippen molar-refractivity contribution in [1.82, 2.24) is 14.1 Å². The van der Waals surface area contributed by atoms with Crippen LogP contribution in [0.4, 0.5) is 11.5 Å². The maximum absolute atomic E-state index is 13.1. The number of rotatable bonds is 2. The van der Waals surface area contributed by atoms with Crippen molar-refractivity contribution in [3.63, 3.8) is 0 Å². The van der Waals surface area contributed by atoms with Crippen molar-refractivity contribution < 1.29 is 13.2 Å². The zero-order chi connectivity index (χ0) is 18.5. The first-order valence-corrected chi connectivity index (χ1v) is 10.4. The minimum absolute atomic E-state index is 0.154. The fourth-order valence-electron chi connectivity index (χ4n) is 3.72. The molecule has 2 aliphatic heterocycles. The molecule has 1 unspecified atom stereocenters. The molecule has 0 spiro atoms. The molecule has 26 heavy (non-hydrogen) atoms. The second-order valence-electron chi connectivity index (χ2n) is 6.76. The Morgan fingerprint density at radius 3 is 2.88 bits per heavy atom. The van der Waals surface area contributed by atoms with Gasteiger partial charge in [-0.1, -0.05) is 18.2 Å². The molecule has 3 N–H and O–H groups in total. The summed E-state index contributed by atoms with van der Waals surface area (Å²) in [5, 5.41) is 7.68. The van der Waals surface area contributed by atoms with E-state index in [-0.39, 0.29) is 18.4 Å². The van der Waals surface area contributed by atoms with E-state index in [0.29, 0.717) is 37.4 Å². The Kier molecular flexibility index (Phi) is 4.00. The molecule has 0 bridgehead atoms. The quantitative estimate of drug-likeness (QED) is 0.811. The Hall–Kier alpha value is -2.39. The van der Waals surface area contributed by atoms with Crippen LogP contribution >= 0.6 is 0 Å². The Bertz CT molecular complexity index is 982. The summed E-state index contributed by atoms with van der Waals surface area (Å²) >= 11 is 0. The predicted octanol–water partition coefficient (Wildman–Crippen LogP) is 1.02. The highest BCUT2D eigenvalue weighted by Gasteiger charge is 2.33. The number of nitrogen functional groups attached to an aromatic ring is 1. The number of aromatic nitrogens is 2. The van der Waals surface area contributed by atoms with E-state index >= 15 is 0 Å². The second kappa shape index (κ2) is 6.10. The topological polar surface area (TPSA) is 110 Å². The first-order chi connectivity index (χ1) is 12.4. The minimum Gasteiger partial charge on any atom is -0.385 e. The van der Waals surface area contributed by atoms with Gasteiger partial charge in [0, 0.05) is 24.3 Å². The summed E-state index contributed by atoms with van der Waals surface area (Å²) in [4.78, 5) is 13.1. The summed E-state index contributed by atoms with van der Waals surface area (Å²) < 4.78 is 26.2. The largest absolute Gasteiger partial charge is 0.385 e. The van der Waals surface area contributed by atoms with Crippen LogP contribution in [0.5, 0.6) is 0 Å². The van der Waals surface area contributed by atoms with Crippen LogP contribution in [0.1, 0.15) is 34.0 Å². The van der Waals surface area contributed by atoms with Crippen molar-refractivity contribution in [2.45, 2.75) is 25.3 Å². The monoisotopic (exact) mass is 375 g/mol. The van der Waals surface area contributed by atoms with Gasteiger partial charge in [-0.3, -0.25) is 4.79 Å². The van der Waals surface area contributed by atoms with E-state index in [1.807, 2.05) is 24.3 Å². The van der Waals surface area contributed by atoms with Crippen molar-refractivity contribution in [3.05, 3.63) is 41.1 Å². The molecule has 0 radical (unpaired) electrons. The summed E-state index contributed by atoms with van der Waals surface area (Å²) in [7, 11) is -3.30. The molecule has 9 heteroatoms. The van der Waals surface area contributed by atoms with E-state index in [1.54, 1.807) is 0 Å². The molecular weight excluding hydrogens is 354 g/mol. The van der Waals surface area contributed by atoms with Gasteiger partial charge in [-0.05, 0) is 24.5 Å². The fourth-order valence-corrected chi connectivity index (χ4v) is 4.50. The van der Waals surface area contributed by atoms with Crippen LogP contribution in [0.25, 0.3) is 0 Å². The standard InChI is InChI=1S/C17H21N5O3S/c1-26(24,25)21-9-7-13-15(10-21)20-22(16(13)18)17(23)12-6-8-19-14-5-3-2-4-11(12)14/h2-5,12,19H,6-10,18H2,1H3. The third kappa shape index (κ3) is 2.77. The molecule has 138 valence electrons. The van der Waals surface area contributed by atoms with Gasteiger partial charge in [0.15, 0.2) is 0 Å². The van der Waals surface area contributed by atoms with Crippen molar-refractivity contribution in [3.8, 4) is 0 Å². The number of nitrogens with two attached hydrogens (primary N) is 1. The Morgan fingerprint density at radius 1 is 1.35 bits per heavy atom. The molecule has 0 aliphatic carbocycles. The van der Waals surface area contributed by atoms with Crippen molar-refractivity contribution in [2.75, 3.05) is 30.4 Å². The Balaban J connectivity index is 1.68. The third-order valence-electron chi connectivity index (χ3n) is 5.10. The van der Waals surface area contributed by atoms with Crippen LogP contribution in [0.3, 0.4) is 0 Å². The number of anilines is 2. The number of fused-ring (bicyclic) bond motifs is 2. The smallest absolute Gasteiger partial charge is 0.256 e. The number of sulfonamides is 1. The van der Waals surface area contributed by atoms with Gasteiger partial charge in [-0.25, -0.2) is 8.42 Å². The van der Waals surface area contributed by atoms with Crippen LogP contribution in [0.15, 0.2) is 24.3 Å². The van der Waals surface area contributed by atoms with Gasteiger partial charge in [0.05, 0.1) is 24.4 Å². The lowest BCUT2D eigenvalue weighted by molar-refractivity contribution is 0.0859. The third-order valence-corrected chi connectivity index (χ3v) is 6.35.